The molecule has 0 radical (unpaired) electrons. The lowest BCUT2D eigenvalue weighted by Crippen LogP contribution is -2.34. The Hall–Kier alpha value is -1.50. The van der Waals surface area contributed by atoms with Gasteiger partial charge in [-0.25, -0.2) is 0 Å². The van der Waals surface area contributed by atoms with Crippen LogP contribution in [-0.4, -0.2) is 6.04 Å². The molecule has 0 aromatic heterocycles. The van der Waals surface area contributed by atoms with Gasteiger partial charge in [0.25, 0.3) is 0 Å². The van der Waals surface area contributed by atoms with E-state index in [-0.39, 0.29) is 0 Å². The average Bonchev–Trinajstić information content (AvgIpc) is 2.44. The highest BCUT2D eigenvalue weighted by molar-refractivity contribution is 9.10. The first kappa shape index (κ1) is 14.4. The fraction of sp³-hybridized carbons (Fsp3) is 0.235. The van der Waals surface area contributed by atoms with Gasteiger partial charge in [-0.3, -0.25) is 0 Å². The van der Waals surface area contributed by atoms with Gasteiger partial charge in [-0.2, -0.15) is 5.26 Å². The second-order valence-corrected chi connectivity index (χ2v) is 6.60. The molecule has 0 aliphatic heterocycles. The summed E-state index contributed by atoms with van der Waals surface area (Å²) in [6, 6.07) is 16.4. The van der Waals surface area contributed by atoms with Gasteiger partial charge in [-0.1, -0.05) is 45.7 Å². The van der Waals surface area contributed by atoms with Crippen LogP contribution < -0.4 is 5.32 Å². The molecule has 1 saturated carbocycles. The highest BCUT2D eigenvalue weighted by Crippen LogP contribution is 2.41. The number of nitrogens with one attached hydrogen (secondary N) is 1. The molecular weight excluding hydrogens is 348 g/mol. The summed E-state index contributed by atoms with van der Waals surface area (Å²) >= 11 is 9.67. The van der Waals surface area contributed by atoms with Crippen LogP contribution in [0.4, 0.5) is 5.69 Å². The zero-order chi connectivity index (χ0) is 14.8. The van der Waals surface area contributed by atoms with E-state index < -0.39 is 0 Å². The van der Waals surface area contributed by atoms with E-state index in [1.807, 2.05) is 18.2 Å². The summed E-state index contributed by atoms with van der Waals surface area (Å²) in [5, 5.41) is 12.9. The van der Waals surface area contributed by atoms with E-state index in [1.165, 1.54) is 10.0 Å². The van der Waals surface area contributed by atoms with Crippen LogP contribution >= 0.6 is 27.5 Å². The Morgan fingerprint density at radius 1 is 1.19 bits per heavy atom. The van der Waals surface area contributed by atoms with E-state index in [9.17, 15) is 0 Å². The maximum atomic E-state index is 8.88. The van der Waals surface area contributed by atoms with Crippen LogP contribution in [0.15, 0.2) is 46.9 Å². The molecule has 21 heavy (non-hydrogen) atoms. The molecular formula is C17H14BrClN2. The Morgan fingerprint density at radius 2 is 1.95 bits per heavy atom. The zero-order valence-corrected chi connectivity index (χ0v) is 13.7. The number of nitriles is 1. The van der Waals surface area contributed by atoms with Crippen LogP contribution in [0.1, 0.15) is 29.9 Å². The molecule has 0 unspecified atom stereocenters. The second-order valence-electron chi connectivity index (χ2n) is 5.34. The summed E-state index contributed by atoms with van der Waals surface area (Å²) in [6.45, 7) is 0. The van der Waals surface area contributed by atoms with E-state index in [4.69, 9.17) is 16.9 Å². The Balaban J connectivity index is 1.62. The van der Waals surface area contributed by atoms with Crippen LogP contribution in [0.3, 0.4) is 0 Å². The van der Waals surface area contributed by atoms with Crippen molar-refractivity contribution in [3.8, 4) is 6.07 Å². The van der Waals surface area contributed by atoms with Crippen molar-refractivity contribution in [3.05, 3.63) is 63.1 Å². The molecule has 0 heterocycles. The third-order valence-corrected chi connectivity index (χ3v) is 4.98. The van der Waals surface area contributed by atoms with Crippen molar-refractivity contribution >= 4 is 33.2 Å². The fourth-order valence-electron chi connectivity index (χ4n) is 2.73. The Bertz CT molecular complexity index is 702. The van der Waals surface area contributed by atoms with E-state index in [1.54, 1.807) is 6.07 Å². The van der Waals surface area contributed by atoms with Gasteiger partial charge in [-0.15, -0.1) is 0 Å². The third kappa shape index (κ3) is 3.07. The molecule has 4 heteroatoms. The molecule has 1 fully saturated rings. The highest BCUT2D eigenvalue weighted by atomic mass is 79.9. The number of benzene rings is 2. The van der Waals surface area contributed by atoms with Crippen molar-refractivity contribution in [2.24, 2.45) is 0 Å². The fourth-order valence-corrected chi connectivity index (χ4v) is 3.56. The molecule has 0 amide bonds. The van der Waals surface area contributed by atoms with Crippen LogP contribution in [0, 0.1) is 11.3 Å². The highest BCUT2D eigenvalue weighted by Gasteiger charge is 2.31. The number of halogens is 2. The van der Waals surface area contributed by atoms with Crippen LogP contribution in [0.25, 0.3) is 0 Å². The predicted molar refractivity (Wildman–Crippen MR) is 89.7 cm³/mol. The molecule has 2 aromatic rings. The van der Waals surface area contributed by atoms with E-state index in [2.05, 4.69) is 45.5 Å². The van der Waals surface area contributed by atoms with Gasteiger partial charge in [0, 0.05) is 16.2 Å². The lowest BCUT2D eigenvalue weighted by molar-refractivity contribution is 0.373. The molecule has 106 valence electrons. The summed E-state index contributed by atoms with van der Waals surface area (Å²) in [7, 11) is 0. The van der Waals surface area contributed by atoms with Gasteiger partial charge < -0.3 is 5.32 Å². The largest absolute Gasteiger partial charge is 0.382 e. The Labute approximate surface area is 137 Å². The summed E-state index contributed by atoms with van der Waals surface area (Å²) in [4.78, 5) is 0. The van der Waals surface area contributed by atoms with E-state index in [0.29, 0.717) is 22.5 Å². The lowest BCUT2D eigenvalue weighted by atomic mass is 9.76. The molecule has 2 aromatic carbocycles. The SMILES string of the molecule is N#Cc1ccc(NC2CC(c3ccccc3Br)C2)cc1Cl. The van der Waals surface area contributed by atoms with Crippen LogP contribution in [0.2, 0.25) is 5.02 Å². The topological polar surface area (TPSA) is 35.8 Å². The predicted octanol–water partition coefficient (Wildman–Crippen LogP) is 5.33. The van der Waals surface area contributed by atoms with E-state index >= 15 is 0 Å². The van der Waals surface area contributed by atoms with Gasteiger partial charge in [0.15, 0.2) is 0 Å². The average molecular weight is 362 g/mol. The van der Waals surface area contributed by atoms with Gasteiger partial charge >= 0.3 is 0 Å². The molecule has 1 aliphatic carbocycles. The minimum absolute atomic E-state index is 0.464. The van der Waals surface area contributed by atoms with Crippen molar-refractivity contribution < 1.29 is 0 Å². The standard InChI is InChI=1S/C17H14BrClN2/c18-16-4-2-1-3-15(16)12-7-14(8-12)21-13-6-5-11(10-20)17(19)9-13/h1-6,9,12,14,21H,7-8H2. The monoisotopic (exact) mass is 360 g/mol. The second kappa shape index (κ2) is 6.09. The first-order chi connectivity index (χ1) is 10.2. The van der Waals surface area contributed by atoms with Crippen molar-refractivity contribution in [1.29, 1.82) is 5.26 Å². The maximum absolute atomic E-state index is 8.88. The molecule has 1 N–H and O–H groups in total. The van der Waals surface area contributed by atoms with Gasteiger partial charge in [0.05, 0.1) is 10.6 Å². The van der Waals surface area contributed by atoms with Gasteiger partial charge in [0.1, 0.15) is 6.07 Å². The summed E-state index contributed by atoms with van der Waals surface area (Å²) < 4.78 is 1.19. The molecule has 0 atom stereocenters. The number of hydrogen-bond donors (Lipinski definition) is 1. The van der Waals surface area contributed by atoms with E-state index in [0.717, 1.165) is 18.5 Å². The minimum atomic E-state index is 0.464. The number of hydrogen-bond acceptors (Lipinski definition) is 2. The normalized spacial score (nSPS) is 20.4. The summed E-state index contributed by atoms with van der Waals surface area (Å²) in [5.41, 5.74) is 2.88. The summed E-state index contributed by atoms with van der Waals surface area (Å²) in [5.74, 6) is 0.604. The third-order valence-electron chi connectivity index (χ3n) is 3.94. The quantitative estimate of drug-likeness (QED) is 0.801. The smallest absolute Gasteiger partial charge is 0.101 e. The number of rotatable bonds is 3. The molecule has 0 saturated heterocycles. The summed E-state index contributed by atoms with van der Waals surface area (Å²) in [6.07, 6.45) is 2.22. The molecule has 0 bridgehead atoms. The molecule has 3 rings (SSSR count). The van der Waals surface area contributed by atoms with Crippen molar-refractivity contribution in [2.75, 3.05) is 5.32 Å². The zero-order valence-electron chi connectivity index (χ0n) is 11.3. The number of nitrogens with zero attached hydrogens (tertiary/aromatic N) is 1. The van der Waals surface area contributed by atoms with Crippen molar-refractivity contribution in [2.45, 2.75) is 24.8 Å². The Kier molecular flexibility index (Phi) is 4.19. The van der Waals surface area contributed by atoms with Gasteiger partial charge in [0.2, 0.25) is 0 Å². The number of anilines is 1. The minimum Gasteiger partial charge on any atom is -0.382 e. The first-order valence-electron chi connectivity index (χ1n) is 6.88. The first-order valence-corrected chi connectivity index (χ1v) is 8.05. The molecule has 2 nitrogen and oxygen atoms in total. The van der Waals surface area contributed by atoms with Crippen LogP contribution in [0.5, 0.6) is 0 Å². The van der Waals surface area contributed by atoms with Gasteiger partial charge in [-0.05, 0) is 48.6 Å². The van der Waals surface area contributed by atoms with Crippen molar-refractivity contribution in [1.82, 2.24) is 0 Å². The molecule has 1 aliphatic rings. The Morgan fingerprint density at radius 3 is 2.62 bits per heavy atom. The van der Waals surface area contributed by atoms with Crippen LogP contribution in [-0.2, 0) is 0 Å². The maximum Gasteiger partial charge on any atom is 0.101 e. The molecule has 0 spiro atoms. The lowest BCUT2D eigenvalue weighted by Gasteiger charge is -2.37. The van der Waals surface area contributed by atoms with Crippen molar-refractivity contribution in [3.63, 3.8) is 0 Å².